The van der Waals surface area contributed by atoms with Crippen molar-refractivity contribution in [3.05, 3.63) is 30.1 Å². The van der Waals surface area contributed by atoms with Crippen LogP contribution in [0.1, 0.15) is 20.8 Å². The Kier molecular flexibility index (Phi) is 4.94. The van der Waals surface area contributed by atoms with E-state index in [-0.39, 0.29) is 5.82 Å². The van der Waals surface area contributed by atoms with Gasteiger partial charge >= 0.3 is 6.09 Å². The Morgan fingerprint density at radius 3 is 2.41 bits per heavy atom. The molecule has 1 N–H and O–H groups in total. The molecule has 94 valence electrons. The normalized spacial score (nSPS) is 12.3. The first kappa shape index (κ1) is 13.5. The van der Waals surface area contributed by atoms with Gasteiger partial charge in [-0.3, -0.25) is 5.32 Å². The van der Waals surface area contributed by atoms with Gasteiger partial charge in [-0.25, -0.2) is 9.18 Å². The van der Waals surface area contributed by atoms with Crippen LogP contribution in [-0.4, -0.2) is 12.7 Å². The molecule has 1 amide bonds. The summed E-state index contributed by atoms with van der Waals surface area (Å²) >= 11 is 0. The van der Waals surface area contributed by atoms with E-state index in [1.807, 2.05) is 6.92 Å². The van der Waals surface area contributed by atoms with E-state index in [0.717, 1.165) is 0 Å². The van der Waals surface area contributed by atoms with Crippen LogP contribution in [0.25, 0.3) is 0 Å². The Morgan fingerprint density at radius 1 is 1.29 bits per heavy atom. The van der Waals surface area contributed by atoms with Gasteiger partial charge in [0.2, 0.25) is 0 Å². The molecule has 1 aromatic carbocycles. The van der Waals surface area contributed by atoms with E-state index < -0.39 is 6.09 Å². The summed E-state index contributed by atoms with van der Waals surface area (Å²) < 4.78 is 17.7. The van der Waals surface area contributed by atoms with E-state index in [1.165, 1.54) is 24.3 Å². The molecule has 0 aliphatic rings. The topological polar surface area (TPSA) is 38.3 Å². The Morgan fingerprint density at radius 2 is 1.88 bits per heavy atom. The molecule has 1 aromatic rings. The van der Waals surface area contributed by atoms with Crippen molar-refractivity contribution in [2.75, 3.05) is 11.9 Å². The van der Waals surface area contributed by atoms with Crippen LogP contribution in [-0.2, 0) is 4.74 Å². The highest BCUT2D eigenvalue weighted by atomic mass is 19.1. The maximum Gasteiger partial charge on any atom is 0.411 e. The summed E-state index contributed by atoms with van der Waals surface area (Å²) in [6.07, 6.45) is -0.510. The molecule has 0 fully saturated rings. The second-order valence-corrected chi connectivity index (χ2v) is 4.45. The van der Waals surface area contributed by atoms with Gasteiger partial charge in [0.15, 0.2) is 0 Å². The molecule has 0 aromatic heterocycles. The Bertz CT molecular complexity index is 362. The highest BCUT2D eigenvalue weighted by Gasteiger charge is 2.10. The van der Waals surface area contributed by atoms with Gasteiger partial charge in [0.1, 0.15) is 5.82 Å². The van der Waals surface area contributed by atoms with Crippen molar-refractivity contribution in [3.63, 3.8) is 0 Å². The van der Waals surface area contributed by atoms with Gasteiger partial charge in [-0.2, -0.15) is 0 Å². The zero-order chi connectivity index (χ0) is 12.8. The summed E-state index contributed by atoms with van der Waals surface area (Å²) in [4.78, 5) is 11.4. The van der Waals surface area contributed by atoms with E-state index in [0.29, 0.717) is 24.1 Å². The molecule has 0 spiro atoms. The first-order valence-electron chi connectivity index (χ1n) is 5.68. The minimum absolute atomic E-state index is 0.314. The minimum atomic E-state index is -0.510. The average molecular weight is 239 g/mol. The zero-order valence-corrected chi connectivity index (χ0v) is 10.4. The zero-order valence-electron chi connectivity index (χ0n) is 10.4. The molecule has 4 heteroatoms. The van der Waals surface area contributed by atoms with Gasteiger partial charge in [-0.05, 0) is 36.1 Å². The maximum absolute atomic E-state index is 12.6. The number of benzene rings is 1. The third-order valence-electron chi connectivity index (χ3n) is 2.71. The van der Waals surface area contributed by atoms with Gasteiger partial charge in [0.05, 0.1) is 6.61 Å². The first-order valence-corrected chi connectivity index (χ1v) is 5.68. The number of hydrogen-bond acceptors (Lipinski definition) is 2. The molecule has 3 nitrogen and oxygen atoms in total. The summed E-state index contributed by atoms with van der Waals surface area (Å²) in [5.41, 5.74) is 0.522. The third-order valence-corrected chi connectivity index (χ3v) is 2.71. The Labute approximate surface area is 101 Å². The predicted molar refractivity (Wildman–Crippen MR) is 65.4 cm³/mol. The number of hydrogen-bond donors (Lipinski definition) is 1. The number of ether oxygens (including phenoxy) is 1. The van der Waals surface area contributed by atoms with E-state index in [1.54, 1.807) is 0 Å². The molecule has 0 aliphatic heterocycles. The van der Waals surface area contributed by atoms with Gasteiger partial charge in [-0.1, -0.05) is 20.8 Å². The molecule has 0 heterocycles. The van der Waals surface area contributed by atoms with Crippen molar-refractivity contribution in [1.29, 1.82) is 0 Å². The molecule has 1 atom stereocenters. The third kappa shape index (κ3) is 4.85. The summed E-state index contributed by atoms with van der Waals surface area (Å²) in [6.45, 7) is 6.55. The van der Waals surface area contributed by atoms with E-state index in [2.05, 4.69) is 19.2 Å². The predicted octanol–water partition coefficient (Wildman–Crippen LogP) is 3.67. The van der Waals surface area contributed by atoms with Crippen LogP contribution >= 0.6 is 0 Å². The molecular formula is C13H18FNO2. The molecule has 0 saturated heterocycles. The van der Waals surface area contributed by atoms with Crippen LogP contribution in [0.3, 0.4) is 0 Å². The van der Waals surface area contributed by atoms with Crippen LogP contribution in [0.4, 0.5) is 14.9 Å². The fraction of sp³-hybridized carbons (Fsp3) is 0.462. The summed E-state index contributed by atoms with van der Waals surface area (Å²) in [5, 5.41) is 2.54. The van der Waals surface area contributed by atoms with E-state index >= 15 is 0 Å². The summed E-state index contributed by atoms with van der Waals surface area (Å²) in [6, 6.07) is 5.55. The van der Waals surface area contributed by atoms with E-state index in [4.69, 9.17) is 4.74 Å². The van der Waals surface area contributed by atoms with Crippen LogP contribution in [0, 0.1) is 17.7 Å². The number of nitrogens with one attached hydrogen (secondary N) is 1. The van der Waals surface area contributed by atoms with Crippen molar-refractivity contribution >= 4 is 11.8 Å². The standard InChI is InChI=1S/C13H18FNO2/c1-9(2)10(3)8-17-13(16)15-12-6-4-11(14)5-7-12/h4-7,9-10H,8H2,1-3H3,(H,15,16)/t10-/m1/s1. The number of amides is 1. The SMILES string of the molecule is CC(C)[C@H](C)COC(=O)Nc1ccc(F)cc1. The van der Waals surface area contributed by atoms with Crippen LogP contribution in [0.5, 0.6) is 0 Å². The number of anilines is 1. The van der Waals surface area contributed by atoms with Crippen molar-refractivity contribution in [1.82, 2.24) is 0 Å². The highest BCUT2D eigenvalue weighted by molar-refractivity contribution is 5.84. The number of halogens is 1. The Hall–Kier alpha value is -1.58. The molecule has 17 heavy (non-hydrogen) atoms. The average Bonchev–Trinajstić information content (AvgIpc) is 2.29. The van der Waals surface area contributed by atoms with Crippen LogP contribution in [0.2, 0.25) is 0 Å². The lowest BCUT2D eigenvalue weighted by atomic mass is 10.00. The van der Waals surface area contributed by atoms with Crippen molar-refractivity contribution < 1.29 is 13.9 Å². The second kappa shape index (κ2) is 6.23. The van der Waals surface area contributed by atoms with Gasteiger partial charge in [-0.15, -0.1) is 0 Å². The highest BCUT2D eigenvalue weighted by Crippen LogP contribution is 2.11. The molecular weight excluding hydrogens is 221 g/mol. The maximum atomic E-state index is 12.6. The molecule has 0 radical (unpaired) electrons. The molecule has 0 bridgehead atoms. The summed E-state index contributed by atoms with van der Waals surface area (Å²) in [5.74, 6) is 0.444. The fourth-order valence-electron chi connectivity index (χ4n) is 1.09. The Balaban J connectivity index is 2.37. The number of rotatable bonds is 4. The van der Waals surface area contributed by atoms with Crippen molar-refractivity contribution in [2.45, 2.75) is 20.8 Å². The lowest BCUT2D eigenvalue weighted by Crippen LogP contribution is -2.19. The first-order chi connectivity index (χ1) is 7.99. The molecule has 0 unspecified atom stereocenters. The minimum Gasteiger partial charge on any atom is -0.449 e. The van der Waals surface area contributed by atoms with Gasteiger partial charge in [0, 0.05) is 5.69 Å². The van der Waals surface area contributed by atoms with Crippen LogP contribution < -0.4 is 5.32 Å². The smallest absolute Gasteiger partial charge is 0.411 e. The molecule has 0 aliphatic carbocycles. The van der Waals surface area contributed by atoms with Crippen molar-refractivity contribution in [3.8, 4) is 0 Å². The lowest BCUT2D eigenvalue weighted by molar-refractivity contribution is 0.133. The van der Waals surface area contributed by atoms with E-state index in [9.17, 15) is 9.18 Å². The molecule has 1 rings (SSSR count). The summed E-state index contributed by atoms with van der Waals surface area (Å²) in [7, 11) is 0. The number of carbonyl (C=O) groups excluding carboxylic acids is 1. The van der Waals surface area contributed by atoms with Crippen molar-refractivity contribution in [2.24, 2.45) is 11.8 Å². The monoisotopic (exact) mass is 239 g/mol. The largest absolute Gasteiger partial charge is 0.449 e. The second-order valence-electron chi connectivity index (χ2n) is 4.45. The van der Waals surface area contributed by atoms with Crippen LogP contribution in [0.15, 0.2) is 24.3 Å². The molecule has 0 saturated carbocycles. The number of carbonyl (C=O) groups is 1. The van der Waals surface area contributed by atoms with Gasteiger partial charge in [0.25, 0.3) is 0 Å². The fourth-order valence-corrected chi connectivity index (χ4v) is 1.09. The van der Waals surface area contributed by atoms with Gasteiger partial charge < -0.3 is 4.74 Å². The lowest BCUT2D eigenvalue weighted by Gasteiger charge is -2.15. The quantitative estimate of drug-likeness (QED) is 0.870.